The zero-order valence-electron chi connectivity index (χ0n) is 34.4. The zero-order chi connectivity index (χ0) is 41.4. The van der Waals surface area contributed by atoms with E-state index < -0.39 is 0 Å². The Balaban J connectivity index is 1.14. The Morgan fingerprint density at radius 1 is 0.206 bits per heavy atom. The molecule has 13 aromatic rings. The Kier molecular flexibility index (Phi) is 7.91. The predicted octanol–water partition coefficient (Wildman–Crippen LogP) is 16.0. The SMILES string of the molecule is c1ccc(-c2cccc(-c3cc(-c4ccccc4)cc(-n4c5ccccc5c5cccc(-n6c7ccccc7c7cccc(-n8c9ccccc9c9ccccc98)c76)c54)c3)c2)cc1. The third kappa shape index (κ3) is 5.46. The molecule has 3 aromatic heterocycles. The van der Waals surface area contributed by atoms with Gasteiger partial charge in [0.1, 0.15) is 0 Å². The summed E-state index contributed by atoms with van der Waals surface area (Å²) in [7, 11) is 0. The Morgan fingerprint density at radius 2 is 0.540 bits per heavy atom. The molecular formula is C60H39N3. The molecule has 0 bridgehead atoms. The molecule has 0 atom stereocenters. The summed E-state index contributed by atoms with van der Waals surface area (Å²) in [5.74, 6) is 0. The highest BCUT2D eigenvalue weighted by atomic mass is 15.1. The molecule has 0 radical (unpaired) electrons. The van der Waals surface area contributed by atoms with E-state index in [-0.39, 0.29) is 0 Å². The topological polar surface area (TPSA) is 14.8 Å². The standard InChI is InChI=1S/C60H39N3/c1-3-18-40(19-4-1)42-22-15-23-43(36-42)45-37-44(41-20-5-2-6-21-41)38-46(39-45)61-53-30-11-9-26-49(53)51-28-17-35-58(59(51)61)63-56-33-14-10-27-50(56)52-29-16-34-57(60(52)63)62-54-31-12-7-24-47(54)48-25-8-13-32-55(48)62/h1-39H. The molecule has 3 heteroatoms. The fourth-order valence-corrected chi connectivity index (χ4v) is 10.3. The van der Waals surface area contributed by atoms with Crippen LogP contribution in [-0.4, -0.2) is 13.7 Å². The number of nitrogens with zero attached hydrogens (tertiary/aromatic N) is 3. The van der Waals surface area contributed by atoms with E-state index in [1.54, 1.807) is 0 Å². The lowest BCUT2D eigenvalue weighted by Crippen LogP contribution is -2.03. The van der Waals surface area contributed by atoms with Crippen molar-refractivity contribution in [2.75, 3.05) is 0 Å². The monoisotopic (exact) mass is 801 g/mol. The van der Waals surface area contributed by atoms with Crippen LogP contribution in [0.2, 0.25) is 0 Å². The summed E-state index contributed by atoms with van der Waals surface area (Å²) in [4.78, 5) is 0. The molecule has 0 unspecified atom stereocenters. The lowest BCUT2D eigenvalue weighted by atomic mass is 9.95. The third-order valence-electron chi connectivity index (χ3n) is 13.0. The summed E-state index contributed by atoms with van der Waals surface area (Å²) in [5.41, 5.74) is 17.5. The number of fused-ring (bicyclic) bond motifs is 9. The maximum Gasteiger partial charge on any atom is 0.0783 e. The van der Waals surface area contributed by atoms with Crippen LogP contribution in [0.3, 0.4) is 0 Å². The van der Waals surface area contributed by atoms with Gasteiger partial charge in [0.2, 0.25) is 0 Å². The molecule has 3 heterocycles. The highest BCUT2D eigenvalue weighted by Crippen LogP contribution is 2.44. The second-order valence-corrected chi connectivity index (χ2v) is 16.5. The van der Waals surface area contributed by atoms with E-state index in [9.17, 15) is 0 Å². The van der Waals surface area contributed by atoms with Gasteiger partial charge in [-0.2, -0.15) is 0 Å². The van der Waals surface area contributed by atoms with Crippen molar-refractivity contribution >= 4 is 65.4 Å². The van der Waals surface area contributed by atoms with Gasteiger partial charge in [0.25, 0.3) is 0 Å². The van der Waals surface area contributed by atoms with Gasteiger partial charge in [0, 0.05) is 38.0 Å². The summed E-state index contributed by atoms with van der Waals surface area (Å²) >= 11 is 0. The number of rotatable bonds is 6. The fourth-order valence-electron chi connectivity index (χ4n) is 10.3. The van der Waals surface area contributed by atoms with Gasteiger partial charge in [0.05, 0.1) is 44.5 Å². The number of para-hydroxylation sites is 6. The van der Waals surface area contributed by atoms with E-state index in [2.05, 4.69) is 250 Å². The van der Waals surface area contributed by atoms with E-state index in [0.29, 0.717) is 0 Å². The molecule has 0 saturated heterocycles. The van der Waals surface area contributed by atoms with Crippen molar-refractivity contribution in [1.29, 1.82) is 0 Å². The average Bonchev–Trinajstić information content (AvgIpc) is 4.01. The van der Waals surface area contributed by atoms with Gasteiger partial charge < -0.3 is 13.7 Å². The molecule has 10 aromatic carbocycles. The minimum absolute atomic E-state index is 1.11. The summed E-state index contributed by atoms with van der Waals surface area (Å²) in [6.45, 7) is 0. The molecule has 0 fully saturated rings. The molecule has 0 N–H and O–H groups in total. The van der Waals surface area contributed by atoms with Gasteiger partial charge in [-0.25, -0.2) is 0 Å². The molecule has 0 amide bonds. The lowest BCUT2D eigenvalue weighted by Gasteiger charge is -2.18. The molecule has 0 aliphatic carbocycles. The van der Waals surface area contributed by atoms with E-state index in [0.717, 1.165) is 33.7 Å². The van der Waals surface area contributed by atoms with Crippen molar-refractivity contribution in [2.45, 2.75) is 0 Å². The first-order chi connectivity index (χ1) is 31.3. The number of hydrogen-bond acceptors (Lipinski definition) is 0. The van der Waals surface area contributed by atoms with Gasteiger partial charge in [0.15, 0.2) is 0 Å². The van der Waals surface area contributed by atoms with E-state index in [1.807, 2.05) is 0 Å². The first-order valence-corrected chi connectivity index (χ1v) is 21.7. The van der Waals surface area contributed by atoms with Crippen LogP contribution in [-0.2, 0) is 0 Å². The average molecular weight is 802 g/mol. The van der Waals surface area contributed by atoms with Crippen LogP contribution < -0.4 is 0 Å². The molecule has 0 aliphatic rings. The van der Waals surface area contributed by atoms with Crippen LogP contribution >= 0.6 is 0 Å². The summed E-state index contributed by atoms with van der Waals surface area (Å²) in [6, 6.07) is 86.6. The predicted molar refractivity (Wildman–Crippen MR) is 266 cm³/mol. The van der Waals surface area contributed by atoms with Crippen LogP contribution in [0.5, 0.6) is 0 Å². The van der Waals surface area contributed by atoms with Gasteiger partial charge in [-0.15, -0.1) is 0 Å². The zero-order valence-corrected chi connectivity index (χ0v) is 34.4. The Labute approximate surface area is 364 Å². The van der Waals surface area contributed by atoms with Crippen molar-refractivity contribution in [2.24, 2.45) is 0 Å². The Morgan fingerprint density at radius 3 is 1.10 bits per heavy atom. The van der Waals surface area contributed by atoms with E-state index in [4.69, 9.17) is 0 Å². The van der Waals surface area contributed by atoms with Crippen molar-refractivity contribution in [3.05, 3.63) is 237 Å². The largest absolute Gasteiger partial charge is 0.307 e. The molecule has 63 heavy (non-hydrogen) atoms. The number of benzene rings is 10. The maximum absolute atomic E-state index is 2.53. The first-order valence-electron chi connectivity index (χ1n) is 21.7. The normalized spacial score (nSPS) is 11.8. The number of hydrogen-bond donors (Lipinski definition) is 0. The highest BCUT2D eigenvalue weighted by molar-refractivity contribution is 6.17. The Hall–Kier alpha value is -8.40. The quantitative estimate of drug-likeness (QED) is 0.159. The van der Waals surface area contributed by atoms with Crippen molar-refractivity contribution < 1.29 is 0 Å². The van der Waals surface area contributed by atoms with Gasteiger partial charge in [-0.3, -0.25) is 0 Å². The van der Waals surface area contributed by atoms with Crippen molar-refractivity contribution in [3.63, 3.8) is 0 Å². The number of aromatic nitrogens is 3. The molecular weight excluding hydrogens is 763 g/mol. The molecule has 3 nitrogen and oxygen atoms in total. The molecule has 0 saturated carbocycles. The van der Waals surface area contributed by atoms with E-state index >= 15 is 0 Å². The fraction of sp³-hybridized carbons (Fsp3) is 0. The van der Waals surface area contributed by atoms with Crippen LogP contribution in [0.1, 0.15) is 0 Å². The lowest BCUT2D eigenvalue weighted by molar-refractivity contribution is 1.11. The molecule has 0 aliphatic heterocycles. The summed E-state index contributed by atoms with van der Waals surface area (Å²) < 4.78 is 7.52. The highest BCUT2D eigenvalue weighted by Gasteiger charge is 2.24. The Bertz CT molecular complexity index is 3850. The maximum atomic E-state index is 2.53. The van der Waals surface area contributed by atoms with Crippen LogP contribution in [0, 0.1) is 0 Å². The minimum atomic E-state index is 1.11. The van der Waals surface area contributed by atoms with Crippen LogP contribution in [0.15, 0.2) is 237 Å². The molecule has 13 rings (SSSR count). The van der Waals surface area contributed by atoms with E-state index in [1.165, 1.54) is 82.2 Å². The van der Waals surface area contributed by atoms with Gasteiger partial charge >= 0.3 is 0 Å². The molecule has 0 spiro atoms. The first kappa shape index (κ1) is 35.4. The van der Waals surface area contributed by atoms with Crippen molar-refractivity contribution in [3.8, 4) is 50.4 Å². The van der Waals surface area contributed by atoms with Gasteiger partial charge in [-0.1, -0.05) is 176 Å². The summed E-state index contributed by atoms with van der Waals surface area (Å²) in [6.07, 6.45) is 0. The van der Waals surface area contributed by atoms with Crippen LogP contribution in [0.25, 0.3) is 116 Å². The second kappa shape index (κ2) is 14.1. The van der Waals surface area contributed by atoms with Crippen LogP contribution in [0.4, 0.5) is 0 Å². The minimum Gasteiger partial charge on any atom is -0.307 e. The van der Waals surface area contributed by atoms with Gasteiger partial charge in [-0.05, 0) is 94.0 Å². The third-order valence-corrected chi connectivity index (χ3v) is 13.0. The summed E-state index contributed by atoms with van der Waals surface area (Å²) in [5, 5.41) is 7.37. The smallest absolute Gasteiger partial charge is 0.0783 e. The van der Waals surface area contributed by atoms with Crippen molar-refractivity contribution in [1.82, 2.24) is 13.7 Å². The molecule has 294 valence electrons. The second-order valence-electron chi connectivity index (χ2n) is 16.5.